The third-order valence-corrected chi connectivity index (χ3v) is 4.88. The zero-order valence-electron chi connectivity index (χ0n) is 14.2. The first kappa shape index (κ1) is 16.8. The standard InChI is InChI=1S/C20H21BrN2O/c1-20(2,16-6-8-17(21)9-7-16)19-12-13-23(22-19)14-15-4-10-18(24-3)11-5-15/h4-13H,14H2,1-3H3. The van der Waals surface area contributed by atoms with Crippen molar-refractivity contribution in [2.24, 2.45) is 0 Å². The summed E-state index contributed by atoms with van der Waals surface area (Å²) in [7, 11) is 1.68. The molecular formula is C20H21BrN2O. The van der Waals surface area contributed by atoms with Crippen molar-refractivity contribution in [3.63, 3.8) is 0 Å². The summed E-state index contributed by atoms with van der Waals surface area (Å²) < 4.78 is 8.27. The van der Waals surface area contributed by atoms with Crippen LogP contribution in [0.25, 0.3) is 0 Å². The van der Waals surface area contributed by atoms with Crippen molar-refractivity contribution in [2.75, 3.05) is 7.11 Å². The van der Waals surface area contributed by atoms with E-state index < -0.39 is 0 Å². The van der Waals surface area contributed by atoms with Gasteiger partial charge in [-0.2, -0.15) is 5.10 Å². The highest BCUT2D eigenvalue weighted by Gasteiger charge is 2.25. The van der Waals surface area contributed by atoms with E-state index in [0.717, 1.165) is 22.5 Å². The summed E-state index contributed by atoms with van der Waals surface area (Å²) in [6, 6.07) is 18.6. The maximum absolute atomic E-state index is 5.20. The molecule has 0 aliphatic rings. The molecule has 124 valence electrons. The fraction of sp³-hybridized carbons (Fsp3) is 0.250. The Morgan fingerprint density at radius 2 is 1.67 bits per heavy atom. The molecule has 4 heteroatoms. The first-order chi connectivity index (χ1) is 11.5. The van der Waals surface area contributed by atoms with E-state index in [-0.39, 0.29) is 5.41 Å². The van der Waals surface area contributed by atoms with Gasteiger partial charge in [-0.3, -0.25) is 4.68 Å². The molecule has 0 bridgehead atoms. The molecule has 3 nitrogen and oxygen atoms in total. The van der Waals surface area contributed by atoms with E-state index in [9.17, 15) is 0 Å². The Hall–Kier alpha value is -2.07. The number of ether oxygens (including phenoxy) is 1. The van der Waals surface area contributed by atoms with Crippen molar-refractivity contribution in [1.29, 1.82) is 0 Å². The van der Waals surface area contributed by atoms with Crippen LogP contribution in [0.2, 0.25) is 0 Å². The van der Waals surface area contributed by atoms with E-state index in [0.29, 0.717) is 0 Å². The third-order valence-electron chi connectivity index (χ3n) is 4.35. The fourth-order valence-electron chi connectivity index (χ4n) is 2.72. The molecule has 0 saturated heterocycles. The zero-order chi connectivity index (χ0) is 17.2. The fourth-order valence-corrected chi connectivity index (χ4v) is 2.98. The van der Waals surface area contributed by atoms with Crippen molar-refractivity contribution in [1.82, 2.24) is 9.78 Å². The lowest BCUT2D eigenvalue weighted by Gasteiger charge is -2.23. The Morgan fingerprint density at radius 1 is 1.00 bits per heavy atom. The van der Waals surface area contributed by atoms with Gasteiger partial charge in [-0.05, 0) is 41.5 Å². The first-order valence-electron chi connectivity index (χ1n) is 7.92. The Balaban J connectivity index is 1.80. The second-order valence-corrected chi connectivity index (χ2v) is 7.29. The molecule has 0 atom stereocenters. The SMILES string of the molecule is COc1ccc(Cn2ccc(C(C)(C)c3ccc(Br)cc3)n2)cc1. The molecule has 0 fully saturated rings. The largest absolute Gasteiger partial charge is 0.497 e. The Morgan fingerprint density at radius 3 is 2.29 bits per heavy atom. The van der Waals surface area contributed by atoms with Crippen LogP contribution >= 0.6 is 15.9 Å². The van der Waals surface area contributed by atoms with E-state index in [1.165, 1.54) is 11.1 Å². The lowest BCUT2D eigenvalue weighted by molar-refractivity contribution is 0.414. The van der Waals surface area contributed by atoms with Crippen LogP contribution in [0.1, 0.15) is 30.7 Å². The summed E-state index contributed by atoms with van der Waals surface area (Å²) in [6.45, 7) is 5.16. The number of aromatic nitrogens is 2. The second kappa shape index (κ2) is 6.81. The van der Waals surface area contributed by atoms with Crippen LogP contribution in [-0.4, -0.2) is 16.9 Å². The van der Waals surface area contributed by atoms with Gasteiger partial charge in [0.1, 0.15) is 5.75 Å². The van der Waals surface area contributed by atoms with E-state index in [4.69, 9.17) is 9.84 Å². The molecule has 0 aliphatic heterocycles. The summed E-state index contributed by atoms with van der Waals surface area (Å²) in [5.74, 6) is 0.872. The van der Waals surface area contributed by atoms with E-state index in [1.807, 2.05) is 23.0 Å². The van der Waals surface area contributed by atoms with E-state index in [2.05, 4.69) is 72.2 Å². The average Bonchev–Trinajstić information content (AvgIpc) is 3.05. The van der Waals surface area contributed by atoms with Crippen molar-refractivity contribution >= 4 is 15.9 Å². The average molecular weight is 385 g/mol. The summed E-state index contributed by atoms with van der Waals surface area (Å²) in [6.07, 6.45) is 2.04. The number of rotatable bonds is 5. The van der Waals surface area contributed by atoms with Gasteiger partial charge in [-0.1, -0.05) is 54.0 Å². The molecule has 3 rings (SSSR count). The maximum atomic E-state index is 5.20. The lowest BCUT2D eigenvalue weighted by Crippen LogP contribution is -2.20. The molecule has 0 aliphatic carbocycles. The van der Waals surface area contributed by atoms with Gasteiger partial charge >= 0.3 is 0 Å². The summed E-state index contributed by atoms with van der Waals surface area (Å²) in [4.78, 5) is 0. The van der Waals surface area contributed by atoms with Gasteiger partial charge in [0.15, 0.2) is 0 Å². The van der Waals surface area contributed by atoms with Crippen molar-refractivity contribution in [3.8, 4) is 5.75 Å². The molecule has 0 unspecified atom stereocenters. The van der Waals surface area contributed by atoms with Gasteiger partial charge < -0.3 is 4.74 Å². The Bertz CT molecular complexity index is 804. The molecule has 3 aromatic rings. The number of methoxy groups -OCH3 is 1. The highest BCUT2D eigenvalue weighted by molar-refractivity contribution is 9.10. The normalized spacial score (nSPS) is 11.5. The summed E-state index contributed by atoms with van der Waals surface area (Å²) in [5, 5.41) is 4.79. The predicted molar refractivity (Wildman–Crippen MR) is 101 cm³/mol. The predicted octanol–water partition coefficient (Wildman–Crippen LogP) is 5.03. The topological polar surface area (TPSA) is 27.1 Å². The van der Waals surface area contributed by atoms with Gasteiger partial charge in [-0.25, -0.2) is 0 Å². The Labute approximate surface area is 151 Å². The molecule has 0 saturated carbocycles. The first-order valence-corrected chi connectivity index (χ1v) is 8.71. The van der Waals surface area contributed by atoms with Crippen LogP contribution in [0.15, 0.2) is 65.3 Å². The molecule has 1 heterocycles. The van der Waals surface area contributed by atoms with Crippen LogP contribution < -0.4 is 4.74 Å². The molecule has 0 amide bonds. The number of halogens is 1. The molecule has 0 N–H and O–H groups in total. The summed E-state index contributed by atoms with van der Waals surface area (Å²) >= 11 is 3.49. The minimum absolute atomic E-state index is 0.133. The minimum atomic E-state index is -0.133. The van der Waals surface area contributed by atoms with Gasteiger partial charge in [0.2, 0.25) is 0 Å². The Kier molecular flexibility index (Phi) is 4.76. The monoisotopic (exact) mass is 384 g/mol. The molecule has 0 radical (unpaired) electrons. The third kappa shape index (κ3) is 3.54. The number of hydrogen-bond donors (Lipinski definition) is 0. The van der Waals surface area contributed by atoms with Crippen molar-refractivity contribution < 1.29 is 4.74 Å². The molecule has 1 aromatic heterocycles. The molecular weight excluding hydrogens is 364 g/mol. The van der Waals surface area contributed by atoms with Gasteiger partial charge in [0.25, 0.3) is 0 Å². The number of hydrogen-bond acceptors (Lipinski definition) is 2. The minimum Gasteiger partial charge on any atom is -0.497 e. The second-order valence-electron chi connectivity index (χ2n) is 6.38. The quantitative estimate of drug-likeness (QED) is 0.616. The molecule has 2 aromatic carbocycles. The number of benzene rings is 2. The highest BCUT2D eigenvalue weighted by atomic mass is 79.9. The lowest BCUT2D eigenvalue weighted by atomic mass is 9.82. The maximum Gasteiger partial charge on any atom is 0.118 e. The van der Waals surface area contributed by atoms with Crippen LogP contribution in [0, 0.1) is 0 Å². The van der Waals surface area contributed by atoms with Gasteiger partial charge in [-0.15, -0.1) is 0 Å². The van der Waals surface area contributed by atoms with Crippen molar-refractivity contribution in [3.05, 3.63) is 82.1 Å². The van der Waals surface area contributed by atoms with Crippen LogP contribution in [0.4, 0.5) is 0 Å². The molecule has 0 spiro atoms. The van der Waals surface area contributed by atoms with Crippen LogP contribution in [0.3, 0.4) is 0 Å². The van der Waals surface area contributed by atoms with E-state index in [1.54, 1.807) is 7.11 Å². The smallest absolute Gasteiger partial charge is 0.118 e. The van der Waals surface area contributed by atoms with Crippen LogP contribution in [0.5, 0.6) is 5.75 Å². The van der Waals surface area contributed by atoms with Gasteiger partial charge in [0.05, 0.1) is 19.3 Å². The summed E-state index contributed by atoms with van der Waals surface area (Å²) in [5.41, 5.74) is 3.39. The van der Waals surface area contributed by atoms with Crippen molar-refractivity contribution in [2.45, 2.75) is 25.8 Å². The van der Waals surface area contributed by atoms with E-state index >= 15 is 0 Å². The van der Waals surface area contributed by atoms with Crippen LogP contribution in [-0.2, 0) is 12.0 Å². The number of nitrogens with zero attached hydrogens (tertiary/aromatic N) is 2. The van der Waals surface area contributed by atoms with Gasteiger partial charge in [0, 0.05) is 16.1 Å². The molecule has 24 heavy (non-hydrogen) atoms. The highest BCUT2D eigenvalue weighted by Crippen LogP contribution is 2.31. The zero-order valence-corrected chi connectivity index (χ0v) is 15.7.